The van der Waals surface area contributed by atoms with Crippen molar-refractivity contribution in [2.45, 2.75) is 19.0 Å². The van der Waals surface area contributed by atoms with Gasteiger partial charge in [0.25, 0.3) is 0 Å². The van der Waals surface area contributed by atoms with E-state index in [4.69, 9.17) is 4.74 Å². The molecule has 102 valence electrons. The van der Waals surface area contributed by atoms with Crippen molar-refractivity contribution in [2.75, 3.05) is 25.1 Å². The molecule has 0 saturated heterocycles. The molecule has 0 atom stereocenters. The Kier molecular flexibility index (Phi) is 6.49. The van der Waals surface area contributed by atoms with Crippen molar-refractivity contribution in [3.05, 3.63) is 28.7 Å². The number of rotatable bonds is 7. The van der Waals surface area contributed by atoms with E-state index in [1.54, 1.807) is 0 Å². The van der Waals surface area contributed by atoms with Crippen LogP contribution >= 0.6 is 15.9 Å². The Morgan fingerprint density at radius 2 is 1.89 bits per heavy atom. The number of nitrogens with one attached hydrogen (secondary N) is 1. The Bertz CT molecular complexity index is 357. The van der Waals surface area contributed by atoms with Crippen LogP contribution in [0.4, 0.5) is 18.9 Å². The monoisotopic (exact) mass is 325 g/mol. The molecule has 2 nitrogen and oxygen atoms in total. The Morgan fingerprint density at radius 1 is 1.17 bits per heavy atom. The van der Waals surface area contributed by atoms with E-state index in [1.165, 1.54) is 0 Å². The van der Waals surface area contributed by atoms with Gasteiger partial charge in [0.2, 0.25) is 0 Å². The zero-order chi connectivity index (χ0) is 13.4. The standard InChI is InChI=1S/C12H15BrF3NO/c13-10-4-1-2-5-11(10)17-7-9-18-8-3-6-12(14,15)16/h1-2,4-5,17H,3,6-9H2. The first-order chi connectivity index (χ1) is 8.49. The second kappa shape index (κ2) is 7.63. The van der Waals surface area contributed by atoms with Crippen LogP contribution in [0.25, 0.3) is 0 Å². The molecular formula is C12H15BrF3NO. The van der Waals surface area contributed by atoms with Crippen LogP contribution < -0.4 is 5.32 Å². The largest absolute Gasteiger partial charge is 0.389 e. The molecule has 1 aromatic rings. The van der Waals surface area contributed by atoms with Crippen molar-refractivity contribution in [3.63, 3.8) is 0 Å². The van der Waals surface area contributed by atoms with Crippen LogP contribution in [0.1, 0.15) is 12.8 Å². The molecule has 0 unspecified atom stereocenters. The van der Waals surface area contributed by atoms with Crippen molar-refractivity contribution >= 4 is 21.6 Å². The number of para-hydroxylation sites is 1. The second-order valence-corrected chi connectivity index (χ2v) is 4.59. The Labute approximate surface area is 113 Å². The lowest BCUT2D eigenvalue weighted by Crippen LogP contribution is -2.12. The lowest BCUT2D eigenvalue weighted by atomic mass is 10.3. The summed E-state index contributed by atoms with van der Waals surface area (Å²) in [5.74, 6) is 0. The summed E-state index contributed by atoms with van der Waals surface area (Å²) < 4.78 is 41.5. The number of benzene rings is 1. The van der Waals surface area contributed by atoms with Crippen LogP contribution in [-0.4, -0.2) is 25.9 Å². The minimum atomic E-state index is -4.09. The van der Waals surface area contributed by atoms with Gasteiger partial charge >= 0.3 is 6.18 Å². The van der Waals surface area contributed by atoms with Crippen molar-refractivity contribution < 1.29 is 17.9 Å². The third kappa shape index (κ3) is 6.86. The predicted molar refractivity (Wildman–Crippen MR) is 68.7 cm³/mol. The van der Waals surface area contributed by atoms with E-state index in [1.807, 2.05) is 24.3 Å². The third-order valence-corrected chi connectivity index (χ3v) is 2.88. The summed E-state index contributed by atoms with van der Waals surface area (Å²) in [5, 5.41) is 3.13. The van der Waals surface area contributed by atoms with Gasteiger partial charge in [0.1, 0.15) is 0 Å². The van der Waals surface area contributed by atoms with Crippen LogP contribution in [-0.2, 0) is 4.74 Å². The minimum absolute atomic E-state index is 0.0124. The van der Waals surface area contributed by atoms with Gasteiger partial charge in [-0.3, -0.25) is 0 Å². The van der Waals surface area contributed by atoms with Crippen LogP contribution in [0, 0.1) is 0 Å². The average Bonchev–Trinajstić information content (AvgIpc) is 2.28. The summed E-state index contributed by atoms with van der Waals surface area (Å²) in [6.07, 6.45) is -4.86. The van der Waals surface area contributed by atoms with Gasteiger partial charge in [-0.15, -0.1) is 0 Å². The van der Waals surface area contributed by atoms with Gasteiger partial charge in [-0.2, -0.15) is 13.2 Å². The lowest BCUT2D eigenvalue weighted by molar-refractivity contribution is -0.137. The summed E-state index contributed by atoms with van der Waals surface area (Å²) in [6, 6.07) is 7.63. The van der Waals surface area contributed by atoms with Crippen molar-refractivity contribution in [1.82, 2.24) is 0 Å². The van der Waals surface area contributed by atoms with E-state index in [9.17, 15) is 13.2 Å². The van der Waals surface area contributed by atoms with E-state index in [0.29, 0.717) is 13.2 Å². The van der Waals surface area contributed by atoms with Crippen molar-refractivity contribution in [2.24, 2.45) is 0 Å². The van der Waals surface area contributed by atoms with E-state index in [2.05, 4.69) is 21.2 Å². The Hall–Kier alpha value is -0.750. The summed E-state index contributed by atoms with van der Waals surface area (Å²) in [7, 11) is 0. The molecule has 0 aliphatic rings. The third-order valence-electron chi connectivity index (χ3n) is 2.18. The number of anilines is 1. The number of ether oxygens (including phenoxy) is 1. The lowest BCUT2D eigenvalue weighted by Gasteiger charge is -2.09. The first-order valence-electron chi connectivity index (χ1n) is 5.62. The van der Waals surface area contributed by atoms with E-state index in [-0.39, 0.29) is 13.0 Å². The number of hydrogen-bond acceptors (Lipinski definition) is 2. The van der Waals surface area contributed by atoms with E-state index >= 15 is 0 Å². The van der Waals surface area contributed by atoms with Gasteiger partial charge in [0, 0.05) is 29.7 Å². The first-order valence-corrected chi connectivity index (χ1v) is 6.41. The highest BCUT2D eigenvalue weighted by Crippen LogP contribution is 2.21. The molecule has 0 saturated carbocycles. The van der Waals surface area contributed by atoms with Crippen LogP contribution in [0.5, 0.6) is 0 Å². The zero-order valence-electron chi connectivity index (χ0n) is 9.77. The number of halogens is 4. The van der Waals surface area contributed by atoms with E-state index < -0.39 is 12.6 Å². The normalized spacial score (nSPS) is 11.6. The van der Waals surface area contributed by atoms with Gasteiger partial charge in [0.05, 0.1) is 6.61 Å². The quantitative estimate of drug-likeness (QED) is 0.758. The summed E-state index contributed by atoms with van der Waals surface area (Å²) in [4.78, 5) is 0. The SMILES string of the molecule is FC(F)(F)CCCOCCNc1ccccc1Br. The molecule has 0 aliphatic heterocycles. The topological polar surface area (TPSA) is 21.3 Å². The number of alkyl halides is 3. The molecule has 0 amide bonds. The molecule has 18 heavy (non-hydrogen) atoms. The second-order valence-electron chi connectivity index (χ2n) is 3.74. The number of hydrogen-bond donors (Lipinski definition) is 1. The van der Waals surface area contributed by atoms with E-state index in [0.717, 1.165) is 10.2 Å². The Morgan fingerprint density at radius 3 is 2.56 bits per heavy atom. The minimum Gasteiger partial charge on any atom is -0.382 e. The average molecular weight is 326 g/mol. The van der Waals surface area contributed by atoms with Crippen LogP contribution in [0.2, 0.25) is 0 Å². The smallest absolute Gasteiger partial charge is 0.382 e. The fourth-order valence-corrected chi connectivity index (χ4v) is 1.76. The molecule has 0 heterocycles. The first kappa shape index (κ1) is 15.3. The van der Waals surface area contributed by atoms with Gasteiger partial charge in [-0.05, 0) is 34.5 Å². The fraction of sp³-hybridized carbons (Fsp3) is 0.500. The maximum Gasteiger partial charge on any atom is 0.389 e. The maximum absolute atomic E-state index is 11.8. The molecule has 0 spiro atoms. The summed E-state index contributed by atoms with van der Waals surface area (Å²) in [6.45, 7) is 1.09. The molecule has 0 aromatic heterocycles. The zero-order valence-corrected chi connectivity index (χ0v) is 11.4. The molecule has 0 bridgehead atoms. The molecular weight excluding hydrogens is 311 g/mol. The summed E-state index contributed by atoms with van der Waals surface area (Å²) >= 11 is 3.38. The van der Waals surface area contributed by atoms with Gasteiger partial charge in [0.15, 0.2) is 0 Å². The van der Waals surface area contributed by atoms with Crippen molar-refractivity contribution in [1.29, 1.82) is 0 Å². The van der Waals surface area contributed by atoms with Gasteiger partial charge in [-0.25, -0.2) is 0 Å². The maximum atomic E-state index is 11.8. The van der Waals surface area contributed by atoms with Crippen LogP contribution in [0.3, 0.4) is 0 Å². The van der Waals surface area contributed by atoms with Gasteiger partial charge < -0.3 is 10.1 Å². The molecule has 6 heteroatoms. The van der Waals surface area contributed by atoms with Gasteiger partial charge in [-0.1, -0.05) is 12.1 Å². The molecule has 0 radical (unpaired) electrons. The van der Waals surface area contributed by atoms with Crippen LogP contribution in [0.15, 0.2) is 28.7 Å². The molecule has 0 fully saturated rings. The predicted octanol–water partition coefficient (Wildman–Crippen LogP) is 4.22. The molecule has 0 aliphatic carbocycles. The summed E-state index contributed by atoms with van der Waals surface area (Å²) in [5.41, 5.74) is 0.941. The van der Waals surface area contributed by atoms with Crippen molar-refractivity contribution in [3.8, 4) is 0 Å². The fourth-order valence-electron chi connectivity index (χ4n) is 1.34. The molecule has 1 N–H and O–H groups in total. The Balaban J connectivity index is 2.04. The molecule has 1 rings (SSSR count). The highest BCUT2D eigenvalue weighted by Gasteiger charge is 2.25. The highest BCUT2D eigenvalue weighted by molar-refractivity contribution is 9.10. The molecule has 1 aromatic carbocycles. The highest BCUT2D eigenvalue weighted by atomic mass is 79.9.